The van der Waals surface area contributed by atoms with Crippen LogP contribution < -0.4 is 14.8 Å². The predicted molar refractivity (Wildman–Crippen MR) is 218 cm³/mol. The minimum absolute atomic E-state index is 0.235. The third-order valence-electron chi connectivity index (χ3n) is 13.0. The molecule has 6 heterocycles. The van der Waals surface area contributed by atoms with E-state index in [1.807, 2.05) is 24.7 Å². The van der Waals surface area contributed by atoms with Crippen LogP contribution in [0.15, 0.2) is 85.5 Å². The fourth-order valence-corrected chi connectivity index (χ4v) is 9.89. The number of rotatable bonds is 13. The number of nitrogens with zero attached hydrogens (tertiary/aromatic N) is 5. The van der Waals surface area contributed by atoms with Crippen molar-refractivity contribution in [3.63, 3.8) is 0 Å². The van der Waals surface area contributed by atoms with Gasteiger partial charge in [-0.05, 0) is 99.2 Å². The fourth-order valence-electron chi connectivity index (χ4n) is 9.89. The summed E-state index contributed by atoms with van der Waals surface area (Å²) in [7, 11) is 2.10. The van der Waals surface area contributed by atoms with Crippen LogP contribution in [0, 0.1) is 11.3 Å². The van der Waals surface area contributed by atoms with Crippen molar-refractivity contribution in [2.24, 2.45) is 18.4 Å². The van der Waals surface area contributed by atoms with Gasteiger partial charge in [-0.1, -0.05) is 18.7 Å². The van der Waals surface area contributed by atoms with Gasteiger partial charge in [0.1, 0.15) is 17.9 Å². The second-order valence-corrected chi connectivity index (χ2v) is 17.1. The lowest BCUT2D eigenvalue weighted by Crippen LogP contribution is -2.65. The van der Waals surface area contributed by atoms with E-state index >= 15 is 0 Å². The molecule has 2 saturated carbocycles. The first-order chi connectivity index (χ1) is 28.2. The number of ether oxygens (including phenoxy) is 3. The highest BCUT2D eigenvalue weighted by molar-refractivity contribution is 6.23. The van der Waals surface area contributed by atoms with Crippen molar-refractivity contribution in [1.82, 2.24) is 29.7 Å². The zero-order valence-corrected chi connectivity index (χ0v) is 32.8. The largest absolute Gasteiger partial charge is 0.494 e. The van der Waals surface area contributed by atoms with Crippen LogP contribution in [-0.2, 0) is 16.6 Å². The molecule has 2 saturated heterocycles. The summed E-state index contributed by atoms with van der Waals surface area (Å²) in [5.74, 6) is 0.647. The van der Waals surface area contributed by atoms with Crippen molar-refractivity contribution in [3.8, 4) is 22.8 Å². The molecule has 298 valence electrons. The molecular formula is C46H48N6O6. The topological polar surface area (TPSA) is 128 Å². The number of pyridine rings is 2. The molecule has 2 aliphatic carbocycles. The predicted octanol–water partition coefficient (Wildman–Crippen LogP) is 6.67. The first-order valence-corrected chi connectivity index (χ1v) is 20.6. The maximum Gasteiger partial charge on any atom is 0.262 e. The molecule has 10 rings (SSSR count). The van der Waals surface area contributed by atoms with E-state index < -0.39 is 17.9 Å². The number of nitrogens with one attached hydrogen (secondary N) is 1. The quantitative estimate of drug-likeness (QED) is 0.103. The van der Waals surface area contributed by atoms with Gasteiger partial charge in [0.2, 0.25) is 11.8 Å². The van der Waals surface area contributed by atoms with Crippen LogP contribution in [0.1, 0.15) is 72.1 Å². The maximum absolute atomic E-state index is 13.1. The number of imide groups is 1. The number of piperidine rings is 1. The van der Waals surface area contributed by atoms with Gasteiger partial charge in [0.25, 0.3) is 11.8 Å². The number of benzene rings is 2. The fraction of sp³-hybridized carbons (Fsp3) is 0.413. The summed E-state index contributed by atoms with van der Waals surface area (Å²) < 4.78 is 20.6. The van der Waals surface area contributed by atoms with E-state index in [4.69, 9.17) is 14.2 Å². The van der Waals surface area contributed by atoms with Gasteiger partial charge in [0.15, 0.2) is 0 Å². The highest BCUT2D eigenvalue weighted by atomic mass is 16.5. The Morgan fingerprint density at radius 3 is 2.48 bits per heavy atom. The molecule has 5 aromatic rings. The Kier molecular flexibility index (Phi) is 9.28. The van der Waals surface area contributed by atoms with Crippen molar-refractivity contribution >= 4 is 39.5 Å². The van der Waals surface area contributed by atoms with E-state index in [0.29, 0.717) is 66.4 Å². The van der Waals surface area contributed by atoms with Crippen molar-refractivity contribution in [1.29, 1.82) is 0 Å². The minimum atomic E-state index is -0.823. The number of carbonyl (C=O) groups is 3. The number of aryl methyl sites for hydroxylation is 1. The molecule has 1 spiro atoms. The van der Waals surface area contributed by atoms with Gasteiger partial charge in [-0.3, -0.25) is 24.3 Å². The molecular weight excluding hydrogens is 733 g/mol. The molecule has 1 unspecified atom stereocenters. The van der Waals surface area contributed by atoms with Gasteiger partial charge >= 0.3 is 0 Å². The Labute approximate surface area is 337 Å². The highest BCUT2D eigenvalue weighted by Crippen LogP contribution is 2.50. The van der Waals surface area contributed by atoms with Crippen molar-refractivity contribution in [2.45, 2.75) is 69.6 Å². The Hall–Kier alpha value is -5.59. The molecule has 3 aromatic heterocycles. The number of amides is 3. The molecule has 1 atom stereocenters. The lowest BCUT2D eigenvalue weighted by Gasteiger charge is -2.60. The number of hydrogen-bond donors (Lipinski definition) is 1. The van der Waals surface area contributed by atoms with Crippen LogP contribution in [0.4, 0.5) is 0 Å². The number of likely N-dealkylation sites (tertiary alicyclic amines) is 1. The summed E-state index contributed by atoms with van der Waals surface area (Å²) in [4.78, 5) is 51.2. The van der Waals surface area contributed by atoms with Crippen molar-refractivity contribution in [2.75, 3.05) is 32.8 Å². The summed E-state index contributed by atoms with van der Waals surface area (Å²) >= 11 is 0. The molecule has 5 aliphatic rings. The molecule has 2 aromatic carbocycles. The van der Waals surface area contributed by atoms with Gasteiger partial charge in [0.05, 0.1) is 29.4 Å². The second-order valence-electron chi connectivity index (χ2n) is 17.1. The Bertz CT molecular complexity index is 2440. The lowest BCUT2D eigenvalue weighted by molar-refractivity contribution is -0.157. The SMILES string of the molecule is C=C1CCC(N2C(=O)c3ccc(OCCCCOC4CC5(C4)CN(CC4CC(Oc6ccc(-c7ccc8c9cnccc9n(C)c8c7)cn6)C4)C5)cc3C2=O)C(=O)N1. The third kappa shape index (κ3) is 6.71. The van der Waals surface area contributed by atoms with E-state index in [1.165, 1.54) is 34.9 Å². The van der Waals surface area contributed by atoms with Crippen molar-refractivity contribution < 1.29 is 28.6 Å². The van der Waals surface area contributed by atoms with Gasteiger partial charge < -0.3 is 29.0 Å². The first-order valence-electron chi connectivity index (χ1n) is 20.6. The molecule has 0 bridgehead atoms. The molecule has 1 N–H and O–H groups in total. The zero-order valence-electron chi connectivity index (χ0n) is 32.8. The summed E-state index contributed by atoms with van der Waals surface area (Å²) in [5.41, 5.74) is 6.19. The monoisotopic (exact) mass is 780 g/mol. The number of carbonyl (C=O) groups excluding carboxylic acids is 3. The number of unbranched alkanes of at least 4 members (excludes halogenated alkanes) is 1. The van der Waals surface area contributed by atoms with E-state index in [9.17, 15) is 14.4 Å². The van der Waals surface area contributed by atoms with Crippen LogP contribution in [0.25, 0.3) is 32.9 Å². The molecule has 3 aliphatic heterocycles. The standard InChI is InChI=1S/C46H48N6O6/c1-28-5-11-40(43(53)49-28)52-44(54)36-10-8-32(20-37(36)45(52)55)56-15-3-4-16-57-34-21-46(22-34)26-51(27-46)25-29-17-33(18-29)58-42-12-7-31(23-48-42)30-6-9-35-38-24-47-14-13-39(38)50(2)41(35)19-30/h6-10,12-14,19-20,23-24,29,33-34,40H,1,3-5,11,15-18,21-22,25-27H2,2H3,(H,49,53). The van der Waals surface area contributed by atoms with E-state index in [0.717, 1.165) is 61.1 Å². The number of aromatic nitrogens is 3. The number of allylic oxidation sites excluding steroid dienone is 1. The summed E-state index contributed by atoms with van der Waals surface area (Å²) in [6.07, 6.45) is 13.3. The Morgan fingerprint density at radius 2 is 1.67 bits per heavy atom. The average molecular weight is 781 g/mol. The molecule has 4 fully saturated rings. The maximum atomic E-state index is 13.1. The number of fused-ring (bicyclic) bond motifs is 4. The minimum Gasteiger partial charge on any atom is -0.494 e. The van der Waals surface area contributed by atoms with Gasteiger partial charge in [0, 0.05) is 90.9 Å². The average Bonchev–Trinajstić information content (AvgIpc) is 3.61. The lowest BCUT2D eigenvalue weighted by atomic mass is 9.61. The molecule has 58 heavy (non-hydrogen) atoms. The van der Waals surface area contributed by atoms with Crippen molar-refractivity contribution in [3.05, 3.63) is 96.6 Å². The summed E-state index contributed by atoms with van der Waals surface area (Å²) in [5, 5.41) is 5.04. The smallest absolute Gasteiger partial charge is 0.262 e. The van der Waals surface area contributed by atoms with Crippen LogP contribution in [0.3, 0.4) is 0 Å². The van der Waals surface area contributed by atoms with Crippen LogP contribution in [-0.4, -0.2) is 93.2 Å². The van der Waals surface area contributed by atoms with Gasteiger partial charge in [-0.25, -0.2) is 4.98 Å². The molecule has 0 radical (unpaired) electrons. The van der Waals surface area contributed by atoms with Crippen LogP contribution in [0.5, 0.6) is 11.6 Å². The van der Waals surface area contributed by atoms with E-state index in [2.05, 4.69) is 68.7 Å². The zero-order chi connectivity index (χ0) is 39.5. The first kappa shape index (κ1) is 36.7. The van der Waals surface area contributed by atoms with Crippen LogP contribution >= 0.6 is 0 Å². The highest BCUT2D eigenvalue weighted by Gasteiger charge is 2.53. The van der Waals surface area contributed by atoms with E-state index in [1.54, 1.807) is 18.2 Å². The Balaban J connectivity index is 0.597. The summed E-state index contributed by atoms with van der Waals surface area (Å²) in [6.45, 7) is 8.46. The van der Waals surface area contributed by atoms with Gasteiger partial charge in [-0.2, -0.15) is 0 Å². The third-order valence-corrected chi connectivity index (χ3v) is 13.0. The van der Waals surface area contributed by atoms with E-state index in [-0.39, 0.29) is 17.6 Å². The second kappa shape index (κ2) is 14.7. The Morgan fingerprint density at radius 1 is 0.862 bits per heavy atom. The summed E-state index contributed by atoms with van der Waals surface area (Å²) in [6, 6.07) is 16.8. The normalized spacial score (nSPS) is 22.8. The van der Waals surface area contributed by atoms with Crippen LogP contribution in [0.2, 0.25) is 0 Å². The molecule has 12 heteroatoms. The molecule has 12 nitrogen and oxygen atoms in total. The van der Waals surface area contributed by atoms with Gasteiger partial charge in [-0.15, -0.1) is 0 Å². The molecule has 3 amide bonds. The number of hydrogen-bond acceptors (Lipinski definition) is 9.